The van der Waals surface area contributed by atoms with Gasteiger partial charge in [0.2, 0.25) is 11.8 Å². The van der Waals surface area contributed by atoms with Crippen LogP contribution in [0.25, 0.3) is 0 Å². The lowest BCUT2D eigenvalue weighted by Gasteiger charge is -2.45. The number of carbonyl (C=O) groups is 3. The zero-order valence-electron chi connectivity index (χ0n) is 23.5. The van der Waals surface area contributed by atoms with Crippen molar-refractivity contribution in [3.05, 3.63) is 29.3 Å². The molecule has 0 radical (unpaired) electrons. The number of amides is 3. The fourth-order valence-corrected chi connectivity index (χ4v) is 4.16. The number of aryl methyl sites for hydroxylation is 1. The van der Waals surface area contributed by atoms with Crippen LogP contribution in [0.2, 0.25) is 0 Å². The highest BCUT2D eigenvalue weighted by Gasteiger charge is 2.43. The Morgan fingerprint density at radius 2 is 1.72 bits per heavy atom. The molecule has 0 aliphatic carbocycles. The van der Waals surface area contributed by atoms with Gasteiger partial charge in [-0.3, -0.25) is 9.59 Å². The topological polar surface area (TPSA) is 108 Å². The van der Waals surface area contributed by atoms with E-state index in [1.165, 1.54) is 6.07 Å². The van der Waals surface area contributed by atoms with E-state index in [4.69, 9.17) is 4.74 Å². The van der Waals surface area contributed by atoms with Crippen LogP contribution in [-0.4, -0.2) is 63.1 Å². The SMILES string of the molecule is CCC(C)(C)N(C(=O)C(CCSC)NC(=O)OC(C)(C)C)C(C(=O)NC(C)C)c1ccc(O)c(C)c1. The van der Waals surface area contributed by atoms with E-state index in [1.807, 2.05) is 40.9 Å². The number of carbonyl (C=O) groups excluding carboxylic acids is 3. The number of alkyl carbamates (subject to hydrolysis) is 1. The first-order chi connectivity index (χ1) is 16.5. The number of thioether (sulfide) groups is 1. The molecule has 0 saturated heterocycles. The van der Waals surface area contributed by atoms with Crippen LogP contribution in [0.1, 0.15) is 85.4 Å². The number of nitrogens with zero attached hydrogens (tertiary/aromatic N) is 1. The van der Waals surface area contributed by atoms with Gasteiger partial charge >= 0.3 is 6.09 Å². The van der Waals surface area contributed by atoms with Gasteiger partial charge in [0.15, 0.2) is 0 Å². The van der Waals surface area contributed by atoms with Gasteiger partial charge in [-0.15, -0.1) is 0 Å². The van der Waals surface area contributed by atoms with Gasteiger partial charge in [-0.2, -0.15) is 11.8 Å². The maximum atomic E-state index is 14.2. The summed E-state index contributed by atoms with van der Waals surface area (Å²) in [5.41, 5.74) is -0.265. The molecule has 0 aliphatic heterocycles. The Bertz CT molecular complexity index is 911. The fourth-order valence-electron chi connectivity index (χ4n) is 3.69. The van der Waals surface area contributed by atoms with E-state index in [1.54, 1.807) is 56.5 Å². The van der Waals surface area contributed by atoms with Gasteiger partial charge in [-0.25, -0.2) is 4.79 Å². The van der Waals surface area contributed by atoms with Gasteiger partial charge in [0.05, 0.1) is 0 Å². The first-order valence-corrected chi connectivity index (χ1v) is 13.8. The average Bonchev–Trinajstić information content (AvgIpc) is 2.74. The first kappa shape index (κ1) is 31.6. The van der Waals surface area contributed by atoms with E-state index in [0.29, 0.717) is 29.7 Å². The second kappa shape index (κ2) is 13.2. The Kier molecular flexibility index (Phi) is 11.6. The summed E-state index contributed by atoms with van der Waals surface area (Å²) >= 11 is 1.57. The van der Waals surface area contributed by atoms with Gasteiger partial charge in [-0.1, -0.05) is 13.0 Å². The Morgan fingerprint density at radius 3 is 2.19 bits per heavy atom. The van der Waals surface area contributed by atoms with Crippen LogP contribution in [-0.2, 0) is 14.3 Å². The molecule has 0 aliphatic rings. The maximum absolute atomic E-state index is 14.2. The standard InChI is InChI=1S/C27H45N3O5S/c1-11-27(8,9)30(24(33)20(14-15-36-10)29-25(34)35-26(5,6)7)22(23(32)28-17(2)3)19-12-13-21(31)18(4)16-19/h12-13,16-17,20,22,31H,11,14-15H2,1-10H3,(H,28,32)(H,29,34). The lowest BCUT2D eigenvalue weighted by Crippen LogP contribution is -2.59. The highest BCUT2D eigenvalue weighted by molar-refractivity contribution is 7.98. The number of rotatable bonds is 11. The summed E-state index contributed by atoms with van der Waals surface area (Å²) < 4.78 is 5.43. The Morgan fingerprint density at radius 1 is 1.11 bits per heavy atom. The molecule has 0 aromatic heterocycles. The van der Waals surface area contributed by atoms with E-state index in [9.17, 15) is 19.5 Å². The number of hydrogen-bond acceptors (Lipinski definition) is 6. The smallest absolute Gasteiger partial charge is 0.408 e. The highest BCUT2D eigenvalue weighted by Crippen LogP contribution is 2.34. The molecule has 0 heterocycles. The summed E-state index contributed by atoms with van der Waals surface area (Å²) in [6.07, 6.45) is 2.20. The summed E-state index contributed by atoms with van der Waals surface area (Å²) in [5, 5.41) is 15.8. The van der Waals surface area contributed by atoms with Crippen molar-refractivity contribution in [2.45, 2.75) is 104 Å². The minimum absolute atomic E-state index is 0.110. The van der Waals surface area contributed by atoms with Crippen molar-refractivity contribution in [2.24, 2.45) is 0 Å². The van der Waals surface area contributed by atoms with Crippen molar-refractivity contribution in [3.63, 3.8) is 0 Å². The third-order valence-corrected chi connectivity index (χ3v) is 6.47. The Labute approximate surface area is 220 Å². The van der Waals surface area contributed by atoms with E-state index in [-0.39, 0.29) is 23.6 Å². The van der Waals surface area contributed by atoms with Gasteiger partial charge in [-0.05, 0) is 103 Å². The molecule has 3 amide bonds. The number of hydrogen-bond donors (Lipinski definition) is 3. The quantitative estimate of drug-likeness (QED) is 0.380. The number of nitrogens with one attached hydrogen (secondary N) is 2. The van der Waals surface area contributed by atoms with Crippen LogP contribution >= 0.6 is 11.8 Å². The zero-order valence-corrected chi connectivity index (χ0v) is 24.3. The lowest BCUT2D eigenvalue weighted by atomic mass is 9.91. The molecule has 3 N–H and O–H groups in total. The molecule has 2 unspecified atom stereocenters. The molecule has 2 atom stereocenters. The molecule has 1 aromatic rings. The summed E-state index contributed by atoms with van der Waals surface area (Å²) in [6, 6.07) is 2.93. The van der Waals surface area contributed by atoms with Crippen molar-refractivity contribution in [2.75, 3.05) is 12.0 Å². The fraction of sp³-hybridized carbons (Fsp3) is 0.667. The largest absolute Gasteiger partial charge is 0.508 e. The molecular weight excluding hydrogens is 478 g/mol. The van der Waals surface area contributed by atoms with Crippen molar-refractivity contribution in [1.82, 2.24) is 15.5 Å². The van der Waals surface area contributed by atoms with Crippen molar-refractivity contribution < 1.29 is 24.2 Å². The lowest BCUT2D eigenvalue weighted by molar-refractivity contribution is -0.149. The Hall–Kier alpha value is -2.42. The minimum Gasteiger partial charge on any atom is -0.508 e. The number of phenolic OH excluding ortho intramolecular Hbond substituents is 1. The number of ether oxygens (including phenoxy) is 1. The number of phenols is 1. The molecule has 36 heavy (non-hydrogen) atoms. The van der Waals surface area contributed by atoms with Crippen LogP contribution in [0.4, 0.5) is 4.79 Å². The van der Waals surface area contributed by atoms with E-state index in [0.717, 1.165) is 0 Å². The number of aromatic hydroxyl groups is 1. The van der Waals surface area contributed by atoms with Crippen LogP contribution in [0.15, 0.2) is 18.2 Å². The van der Waals surface area contributed by atoms with E-state index < -0.39 is 29.3 Å². The van der Waals surface area contributed by atoms with Crippen LogP contribution < -0.4 is 10.6 Å². The second-order valence-corrected chi connectivity index (χ2v) is 12.0. The first-order valence-electron chi connectivity index (χ1n) is 12.5. The molecule has 0 spiro atoms. The van der Waals surface area contributed by atoms with Crippen molar-refractivity contribution in [3.8, 4) is 5.75 Å². The monoisotopic (exact) mass is 523 g/mol. The van der Waals surface area contributed by atoms with Crippen molar-refractivity contribution >= 4 is 29.7 Å². The van der Waals surface area contributed by atoms with Crippen LogP contribution in [0, 0.1) is 6.92 Å². The molecule has 1 aromatic carbocycles. The molecule has 8 nitrogen and oxygen atoms in total. The summed E-state index contributed by atoms with van der Waals surface area (Å²) in [6.45, 7) is 16.5. The highest BCUT2D eigenvalue weighted by atomic mass is 32.2. The molecular formula is C27H45N3O5S. The predicted octanol–water partition coefficient (Wildman–Crippen LogP) is 4.93. The van der Waals surface area contributed by atoms with Gasteiger partial charge < -0.3 is 25.4 Å². The Balaban J connectivity index is 3.65. The van der Waals surface area contributed by atoms with Gasteiger partial charge in [0.25, 0.3) is 0 Å². The molecule has 0 saturated carbocycles. The molecule has 9 heteroatoms. The summed E-state index contributed by atoms with van der Waals surface area (Å²) in [4.78, 5) is 42.1. The molecule has 0 bridgehead atoms. The maximum Gasteiger partial charge on any atom is 0.408 e. The number of benzene rings is 1. The summed E-state index contributed by atoms with van der Waals surface area (Å²) in [5.74, 6) is 0.0504. The second-order valence-electron chi connectivity index (χ2n) is 11.0. The van der Waals surface area contributed by atoms with Crippen LogP contribution in [0.5, 0.6) is 5.75 Å². The normalized spacial score (nSPS) is 13.6. The van der Waals surface area contributed by atoms with Gasteiger partial charge in [0, 0.05) is 11.6 Å². The van der Waals surface area contributed by atoms with Gasteiger partial charge in [0.1, 0.15) is 23.4 Å². The van der Waals surface area contributed by atoms with Crippen LogP contribution in [0.3, 0.4) is 0 Å². The van der Waals surface area contributed by atoms with E-state index in [2.05, 4.69) is 10.6 Å². The van der Waals surface area contributed by atoms with E-state index >= 15 is 0 Å². The zero-order chi connectivity index (χ0) is 27.8. The third kappa shape index (κ3) is 9.22. The predicted molar refractivity (Wildman–Crippen MR) is 146 cm³/mol. The van der Waals surface area contributed by atoms with Crippen molar-refractivity contribution in [1.29, 1.82) is 0 Å². The average molecular weight is 524 g/mol. The molecule has 1 rings (SSSR count). The molecule has 204 valence electrons. The summed E-state index contributed by atoms with van der Waals surface area (Å²) in [7, 11) is 0. The third-order valence-electron chi connectivity index (χ3n) is 5.83. The minimum atomic E-state index is -0.966. The molecule has 0 fully saturated rings.